The number of fused-ring (bicyclic) bond motifs is 1. The first-order chi connectivity index (χ1) is 14.7. The second kappa shape index (κ2) is 8.90. The van der Waals surface area contributed by atoms with Crippen LogP contribution in [0, 0.1) is 0 Å². The van der Waals surface area contributed by atoms with Crippen molar-refractivity contribution in [2.75, 3.05) is 27.6 Å². The van der Waals surface area contributed by atoms with Gasteiger partial charge in [0.2, 0.25) is 0 Å². The normalized spacial score (nSPS) is 12.1. The van der Waals surface area contributed by atoms with Crippen LogP contribution in [0.15, 0.2) is 46.3 Å². The van der Waals surface area contributed by atoms with Gasteiger partial charge in [0.15, 0.2) is 14.6 Å². The van der Waals surface area contributed by atoms with Crippen molar-refractivity contribution in [3.63, 3.8) is 0 Å². The fraction of sp³-hybridized carbons (Fsp3) is 0.250. The third-order valence-corrected chi connectivity index (χ3v) is 6.58. The molecule has 2 aromatic carbocycles. The molecule has 1 heterocycles. The van der Waals surface area contributed by atoms with E-state index in [0.29, 0.717) is 21.7 Å². The van der Waals surface area contributed by atoms with Crippen LogP contribution < -0.4 is 14.3 Å². The third-order valence-electron chi connectivity index (χ3n) is 4.43. The van der Waals surface area contributed by atoms with Crippen LogP contribution in [0.1, 0.15) is 10.4 Å². The third kappa shape index (κ3) is 4.78. The summed E-state index contributed by atoms with van der Waals surface area (Å²) in [5.74, 6) is -0.380. The van der Waals surface area contributed by atoms with Crippen molar-refractivity contribution in [2.45, 2.75) is 11.4 Å². The average Bonchev–Trinajstić information content (AvgIpc) is 3.08. The summed E-state index contributed by atoms with van der Waals surface area (Å²) in [5, 5.41) is 0. The summed E-state index contributed by atoms with van der Waals surface area (Å²) in [7, 11) is 0.730. The van der Waals surface area contributed by atoms with E-state index in [1.807, 2.05) is 0 Å². The van der Waals surface area contributed by atoms with Gasteiger partial charge in [-0.2, -0.15) is 4.99 Å². The lowest BCUT2D eigenvalue weighted by atomic mass is 10.2. The van der Waals surface area contributed by atoms with Crippen LogP contribution in [0.3, 0.4) is 0 Å². The van der Waals surface area contributed by atoms with E-state index in [4.69, 9.17) is 14.2 Å². The van der Waals surface area contributed by atoms with Crippen molar-refractivity contribution < 1.29 is 32.2 Å². The van der Waals surface area contributed by atoms with Gasteiger partial charge < -0.3 is 18.8 Å². The van der Waals surface area contributed by atoms with E-state index in [0.717, 1.165) is 17.6 Å². The number of aromatic nitrogens is 1. The van der Waals surface area contributed by atoms with E-state index < -0.39 is 21.7 Å². The first-order valence-electron chi connectivity index (χ1n) is 8.89. The highest BCUT2D eigenvalue weighted by Gasteiger charge is 2.17. The predicted octanol–water partition coefficient (Wildman–Crippen LogP) is 2.04. The Hall–Kier alpha value is -3.18. The van der Waals surface area contributed by atoms with Crippen molar-refractivity contribution >= 4 is 43.3 Å². The SMILES string of the molecule is COC(=O)Cn1c(=NC(=O)c2cc(OC)ccc2OC)sc2cc(S(C)(=O)=O)ccc21. The molecular formula is C20H20N2O7S2. The van der Waals surface area contributed by atoms with Gasteiger partial charge in [0.25, 0.3) is 5.91 Å². The van der Waals surface area contributed by atoms with Gasteiger partial charge in [0, 0.05) is 6.26 Å². The summed E-state index contributed by atoms with van der Waals surface area (Å²) in [6, 6.07) is 9.24. The van der Waals surface area contributed by atoms with Gasteiger partial charge in [-0.15, -0.1) is 0 Å². The Morgan fingerprint density at radius 1 is 1.06 bits per heavy atom. The van der Waals surface area contributed by atoms with Gasteiger partial charge in [0.05, 0.1) is 42.0 Å². The number of sulfone groups is 1. The number of carbonyl (C=O) groups is 2. The van der Waals surface area contributed by atoms with E-state index in [1.54, 1.807) is 18.2 Å². The number of rotatable bonds is 6. The van der Waals surface area contributed by atoms with Crippen molar-refractivity contribution in [1.29, 1.82) is 0 Å². The standard InChI is InChI=1S/C20H20N2O7S2/c1-27-12-5-8-16(28-2)14(9-12)19(24)21-20-22(11-18(23)29-3)15-7-6-13(31(4,25)26)10-17(15)30-20/h5-10H,11H2,1-4H3. The number of amides is 1. The Morgan fingerprint density at radius 3 is 2.42 bits per heavy atom. The molecule has 1 amide bonds. The molecule has 0 aliphatic rings. The minimum atomic E-state index is -3.43. The van der Waals surface area contributed by atoms with Gasteiger partial charge in [-0.1, -0.05) is 11.3 Å². The van der Waals surface area contributed by atoms with E-state index in [9.17, 15) is 18.0 Å². The number of thiazole rings is 1. The number of methoxy groups -OCH3 is 3. The molecule has 0 fully saturated rings. The maximum Gasteiger partial charge on any atom is 0.325 e. The van der Waals surface area contributed by atoms with Crippen LogP contribution in [-0.2, 0) is 25.9 Å². The van der Waals surface area contributed by atoms with Crippen LogP contribution >= 0.6 is 11.3 Å². The molecule has 3 aromatic rings. The number of benzene rings is 2. The largest absolute Gasteiger partial charge is 0.497 e. The Morgan fingerprint density at radius 2 is 1.81 bits per heavy atom. The summed E-state index contributed by atoms with van der Waals surface area (Å²) in [6.07, 6.45) is 1.11. The number of esters is 1. The summed E-state index contributed by atoms with van der Waals surface area (Å²) < 4.78 is 41.0. The van der Waals surface area contributed by atoms with Gasteiger partial charge in [-0.3, -0.25) is 9.59 Å². The molecule has 0 saturated carbocycles. The van der Waals surface area contributed by atoms with Crippen LogP contribution in [0.5, 0.6) is 11.5 Å². The predicted molar refractivity (Wildman–Crippen MR) is 114 cm³/mol. The number of nitrogens with zero attached hydrogens (tertiary/aromatic N) is 2. The number of hydrogen-bond donors (Lipinski definition) is 0. The van der Waals surface area contributed by atoms with Gasteiger partial charge in [-0.05, 0) is 36.4 Å². The molecule has 1 aromatic heterocycles. The Kier molecular flexibility index (Phi) is 6.46. The lowest BCUT2D eigenvalue weighted by Crippen LogP contribution is -2.22. The number of carbonyl (C=O) groups excluding carboxylic acids is 2. The molecule has 0 radical (unpaired) electrons. The highest BCUT2D eigenvalue weighted by Crippen LogP contribution is 2.25. The van der Waals surface area contributed by atoms with Crippen molar-refractivity contribution in [3.05, 3.63) is 46.8 Å². The first-order valence-corrected chi connectivity index (χ1v) is 11.6. The molecule has 0 aliphatic carbocycles. The van der Waals surface area contributed by atoms with E-state index in [1.165, 1.54) is 44.1 Å². The number of ether oxygens (including phenoxy) is 3. The molecule has 0 bridgehead atoms. The van der Waals surface area contributed by atoms with Crippen molar-refractivity contribution in [3.8, 4) is 11.5 Å². The second-order valence-electron chi connectivity index (χ2n) is 6.43. The molecule has 0 unspecified atom stereocenters. The molecule has 164 valence electrons. The smallest absolute Gasteiger partial charge is 0.325 e. The minimum absolute atomic E-state index is 0.124. The van der Waals surface area contributed by atoms with E-state index in [-0.39, 0.29) is 21.8 Å². The molecule has 31 heavy (non-hydrogen) atoms. The fourth-order valence-electron chi connectivity index (χ4n) is 2.84. The molecule has 0 aliphatic heterocycles. The van der Waals surface area contributed by atoms with Crippen LogP contribution in [0.2, 0.25) is 0 Å². The van der Waals surface area contributed by atoms with Crippen LogP contribution in [0.4, 0.5) is 0 Å². The molecule has 0 atom stereocenters. The van der Waals surface area contributed by atoms with E-state index in [2.05, 4.69) is 4.99 Å². The maximum atomic E-state index is 13.0. The molecule has 0 N–H and O–H groups in total. The Bertz CT molecular complexity index is 1340. The number of hydrogen-bond acceptors (Lipinski definition) is 8. The monoisotopic (exact) mass is 464 g/mol. The average molecular weight is 465 g/mol. The molecule has 11 heteroatoms. The van der Waals surface area contributed by atoms with Crippen LogP contribution in [0.25, 0.3) is 10.2 Å². The summed E-state index contributed by atoms with van der Waals surface area (Å²) >= 11 is 1.08. The minimum Gasteiger partial charge on any atom is -0.497 e. The summed E-state index contributed by atoms with van der Waals surface area (Å²) in [5.41, 5.74) is 0.729. The fourth-order valence-corrected chi connectivity index (χ4v) is 4.63. The van der Waals surface area contributed by atoms with Gasteiger partial charge in [0.1, 0.15) is 18.0 Å². The highest BCUT2D eigenvalue weighted by atomic mass is 32.2. The van der Waals surface area contributed by atoms with Crippen LogP contribution in [-0.4, -0.2) is 52.4 Å². The molecule has 3 rings (SSSR count). The molecule has 0 spiro atoms. The summed E-state index contributed by atoms with van der Waals surface area (Å²) in [4.78, 5) is 29.4. The first kappa shape index (κ1) is 22.5. The lowest BCUT2D eigenvalue weighted by Gasteiger charge is -2.07. The Labute approximate surface area is 182 Å². The molecular weight excluding hydrogens is 444 g/mol. The van der Waals surface area contributed by atoms with E-state index >= 15 is 0 Å². The topological polar surface area (TPSA) is 113 Å². The molecule has 0 saturated heterocycles. The van der Waals surface area contributed by atoms with Gasteiger partial charge >= 0.3 is 5.97 Å². The zero-order valence-electron chi connectivity index (χ0n) is 17.2. The maximum absolute atomic E-state index is 13.0. The summed E-state index contributed by atoms with van der Waals surface area (Å²) in [6.45, 7) is -0.198. The quantitative estimate of drug-likeness (QED) is 0.513. The second-order valence-corrected chi connectivity index (χ2v) is 9.46. The Balaban J connectivity index is 2.22. The van der Waals surface area contributed by atoms with Crippen molar-refractivity contribution in [1.82, 2.24) is 4.57 Å². The van der Waals surface area contributed by atoms with Crippen molar-refractivity contribution in [2.24, 2.45) is 4.99 Å². The zero-order valence-corrected chi connectivity index (χ0v) is 18.9. The molecule has 9 nitrogen and oxygen atoms in total. The zero-order chi connectivity index (χ0) is 22.8. The highest BCUT2D eigenvalue weighted by molar-refractivity contribution is 7.90. The lowest BCUT2D eigenvalue weighted by molar-refractivity contribution is -0.141. The van der Waals surface area contributed by atoms with Gasteiger partial charge in [-0.25, -0.2) is 8.42 Å².